The summed E-state index contributed by atoms with van der Waals surface area (Å²) in [5.74, 6) is -0.642. The number of amides is 1. The monoisotopic (exact) mass is 449 g/mol. The Bertz CT molecular complexity index is 1140. The van der Waals surface area contributed by atoms with Crippen LogP contribution in [0.25, 0.3) is 0 Å². The van der Waals surface area contributed by atoms with Crippen molar-refractivity contribution in [3.05, 3.63) is 82.5 Å². The van der Waals surface area contributed by atoms with Gasteiger partial charge in [0, 0.05) is 17.4 Å². The topological polar surface area (TPSA) is 91.3 Å². The van der Waals surface area contributed by atoms with Gasteiger partial charge in [0.05, 0.1) is 10.7 Å². The zero-order valence-corrected chi connectivity index (χ0v) is 18.2. The van der Waals surface area contributed by atoms with Crippen LogP contribution >= 0.6 is 11.6 Å². The van der Waals surface area contributed by atoms with Crippen LogP contribution in [0, 0.1) is 0 Å². The fourth-order valence-corrected chi connectivity index (χ4v) is 4.31. The minimum absolute atomic E-state index is 0.0483. The number of anilines is 3. The van der Waals surface area contributed by atoms with Crippen LogP contribution in [-0.2, 0) is 0 Å². The van der Waals surface area contributed by atoms with Crippen molar-refractivity contribution in [3.8, 4) is 0 Å². The number of pyridine rings is 1. The van der Waals surface area contributed by atoms with Gasteiger partial charge in [-0.3, -0.25) is 4.79 Å². The van der Waals surface area contributed by atoms with Crippen LogP contribution < -0.4 is 10.6 Å². The SMILES string of the molecule is O=C(Nc1ccc(C2CCCCC2)cc1Cl)c1cccc(Nc2ncccc2C(=O)O)c1. The summed E-state index contributed by atoms with van der Waals surface area (Å²) in [4.78, 5) is 28.3. The molecule has 0 atom stereocenters. The minimum atomic E-state index is -1.08. The minimum Gasteiger partial charge on any atom is -0.478 e. The third-order valence-corrected chi connectivity index (χ3v) is 6.06. The van der Waals surface area contributed by atoms with Crippen LogP contribution in [0.3, 0.4) is 0 Å². The van der Waals surface area contributed by atoms with Crippen molar-refractivity contribution in [2.45, 2.75) is 38.0 Å². The zero-order chi connectivity index (χ0) is 22.5. The first-order valence-electron chi connectivity index (χ1n) is 10.7. The summed E-state index contributed by atoms with van der Waals surface area (Å²) < 4.78 is 0. The zero-order valence-electron chi connectivity index (χ0n) is 17.5. The highest BCUT2D eigenvalue weighted by atomic mass is 35.5. The summed E-state index contributed by atoms with van der Waals surface area (Å²) in [5, 5.41) is 15.7. The highest BCUT2D eigenvalue weighted by Crippen LogP contribution is 2.35. The molecule has 164 valence electrons. The lowest BCUT2D eigenvalue weighted by atomic mass is 9.84. The van der Waals surface area contributed by atoms with Crippen molar-refractivity contribution in [3.63, 3.8) is 0 Å². The van der Waals surface area contributed by atoms with Crippen molar-refractivity contribution >= 4 is 40.7 Å². The van der Waals surface area contributed by atoms with Gasteiger partial charge in [0.25, 0.3) is 5.91 Å². The molecule has 4 rings (SSSR count). The predicted octanol–water partition coefficient (Wildman–Crippen LogP) is 6.48. The van der Waals surface area contributed by atoms with Crippen molar-refractivity contribution in [1.82, 2.24) is 4.98 Å². The maximum Gasteiger partial charge on any atom is 0.339 e. The first kappa shape index (κ1) is 21.8. The number of halogens is 1. The van der Waals surface area contributed by atoms with E-state index < -0.39 is 5.97 Å². The number of rotatable bonds is 6. The Hall–Kier alpha value is -3.38. The normalized spacial score (nSPS) is 14.0. The number of benzene rings is 2. The first-order chi connectivity index (χ1) is 15.5. The van der Waals surface area contributed by atoms with Crippen molar-refractivity contribution in [1.29, 1.82) is 0 Å². The van der Waals surface area contributed by atoms with Crippen LogP contribution in [0.4, 0.5) is 17.2 Å². The van der Waals surface area contributed by atoms with Crippen LogP contribution in [0.1, 0.15) is 64.3 Å². The highest BCUT2D eigenvalue weighted by Gasteiger charge is 2.17. The van der Waals surface area contributed by atoms with Crippen LogP contribution in [0.15, 0.2) is 60.8 Å². The molecule has 0 saturated heterocycles. The molecule has 0 radical (unpaired) electrons. The lowest BCUT2D eigenvalue weighted by molar-refractivity contribution is 0.0697. The van der Waals surface area contributed by atoms with Crippen LogP contribution in [-0.4, -0.2) is 22.0 Å². The molecule has 1 fully saturated rings. The second kappa shape index (κ2) is 9.83. The van der Waals surface area contributed by atoms with E-state index in [2.05, 4.69) is 15.6 Å². The van der Waals surface area contributed by atoms with Gasteiger partial charge in [-0.15, -0.1) is 0 Å². The molecule has 0 unspecified atom stereocenters. The third-order valence-electron chi connectivity index (χ3n) is 5.74. The third kappa shape index (κ3) is 5.08. The fourth-order valence-electron chi connectivity index (χ4n) is 4.07. The second-order valence-electron chi connectivity index (χ2n) is 7.94. The molecule has 0 spiro atoms. The first-order valence-corrected chi connectivity index (χ1v) is 11.1. The van der Waals surface area contributed by atoms with E-state index in [0.717, 1.165) is 0 Å². The number of hydrogen-bond donors (Lipinski definition) is 3. The number of carbonyl (C=O) groups is 2. The van der Waals surface area contributed by atoms with Gasteiger partial charge in [0.2, 0.25) is 0 Å². The molecule has 0 bridgehead atoms. The second-order valence-corrected chi connectivity index (χ2v) is 8.35. The van der Waals surface area contributed by atoms with Crippen molar-refractivity contribution in [2.75, 3.05) is 10.6 Å². The van der Waals surface area contributed by atoms with Gasteiger partial charge in [-0.2, -0.15) is 0 Å². The predicted molar refractivity (Wildman–Crippen MR) is 126 cm³/mol. The Morgan fingerprint density at radius 3 is 2.56 bits per heavy atom. The van der Waals surface area contributed by atoms with E-state index in [4.69, 9.17) is 11.6 Å². The van der Waals surface area contributed by atoms with Gasteiger partial charge in [-0.25, -0.2) is 9.78 Å². The molecule has 3 aromatic rings. The molecule has 1 aliphatic carbocycles. The summed E-state index contributed by atoms with van der Waals surface area (Å²) in [6.07, 6.45) is 7.66. The van der Waals surface area contributed by atoms with Crippen LogP contribution in [0.2, 0.25) is 5.02 Å². The summed E-state index contributed by atoms with van der Waals surface area (Å²) in [6.45, 7) is 0. The van der Waals surface area contributed by atoms with Gasteiger partial charge >= 0.3 is 5.97 Å². The van der Waals surface area contributed by atoms with Gasteiger partial charge in [0.15, 0.2) is 0 Å². The maximum absolute atomic E-state index is 12.8. The molecule has 3 N–H and O–H groups in total. The number of aromatic carboxylic acids is 1. The molecule has 32 heavy (non-hydrogen) atoms. The Labute approximate surface area is 191 Å². The summed E-state index contributed by atoms with van der Waals surface area (Å²) >= 11 is 6.47. The van der Waals surface area contributed by atoms with E-state index in [-0.39, 0.29) is 17.3 Å². The van der Waals surface area contributed by atoms with Crippen LogP contribution in [0.5, 0.6) is 0 Å². The quantitative estimate of drug-likeness (QED) is 0.400. The number of hydrogen-bond acceptors (Lipinski definition) is 4. The number of carboxylic acids is 1. The average Bonchev–Trinajstić information content (AvgIpc) is 2.81. The van der Waals surface area contributed by atoms with Crippen molar-refractivity contribution in [2.24, 2.45) is 0 Å². The van der Waals surface area contributed by atoms with E-state index >= 15 is 0 Å². The molecule has 1 aromatic heterocycles. The van der Waals surface area contributed by atoms with Gasteiger partial charge < -0.3 is 15.7 Å². The molecule has 1 amide bonds. The highest BCUT2D eigenvalue weighted by molar-refractivity contribution is 6.34. The molecule has 2 aromatic carbocycles. The molecular formula is C25H24ClN3O3. The number of aromatic nitrogens is 1. The number of carboxylic acid groups (broad SMARTS) is 1. The Kier molecular flexibility index (Phi) is 6.71. The largest absolute Gasteiger partial charge is 0.478 e. The van der Waals surface area contributed by atoms with Crippen molar-refractivity contribution < 1.29 is 14.7 Å². The Morgan fingerprint density at radius 2 is 1.81 bits per heavy atom. The Morgan fingerprint density at radius 1 is 1.00 bits per heavy atom. The number of carbonyl (C=O) groups excluding carboxylic acids is 1. The van der Waals surface area contributed by atoms with Gasteiger partial charge in [-0.05, 0) is 66.8 Å². The summed E-state index contributed by atoms with van der Waals surface area (Å²) in [6, 6.07) is 15.7. The van der Waals surface area contributed by atoms with Gasteiger partial charge in [0.1, 0.15) is 11.4 Å². The Balaban J connectivity index is 1.48. The smallest absolute Gasteiger partial charge is 0.339 e. The summed E-state index contributed by atoms with van der Waals surface area (Å²) in [5.41, 5.74) is 2.80. The maximum atomic E-state index is 12.8. The number of nitrogens with zero attached hydrogens (tertiary/aromatic N) is 1. The molecule has 1 heterocycles. The van der Waals surface area contributed by atoms with E-state index in [1.807, 2.05) is 18.2 Å². The molecule has 7 heteroatoms. The van der Waals surface area contributed by atoms with E-state index in [1.54, 1.807) is 30.3 Å². The molecule has 1 saturated carbocycles. The number of nitrogens with one attached hydrogen (secondary N) is 2. The lowest BCUT2D eigenvalue weighted by Crippen LogP contribution is -2.13. The van der Waals surface area contributed by atoms with E-state index in [9.17, 15) is 14.7 Å². The molecule has 6 nitrogen and oxygen atoms in total. The standard InChI is InChI=1S/C25H24ClN3O3/c26-21-15-17(16-6-2-1-3-7-16)11-12-22(21)29-24(30)18-8-4-9-19(14-18)28-23-20(25(31)32)10-5-13-27-23/h4-5,8-16H,1-3,6-7H2,(H,27,28)(H,29,30)(H,31,32). The van der Waals surface area contributed by atoms with E-state index in [1.165, 1.54) is 49.9 Å². The average molecular weight is 450 g/mol. The molecule has 1 aliphatic rings. The lowest BCUT2D eigenvalue weighted by Gasteiger charge is -2.22. The summed E-state index contributed by atoms with van der Waals surface area (Å²) in [7, 11) is 0. The molecular weight excluding hydrogens is 426 g/mol. The fraction of sp³-hybridized carbons (Fsp3) is 0.240. The van der Waals surface area contributed by atoms with Gasteiger partial charge in [-0.1, -0.05) is 43.0 Å². The molecule has 0 aliphatic heterocycles. The van der Waals surface area contributed by atoms with E-state index in [0.29, 0.717) is 27.9 Å².